The fraction of sp³-hybridized carbons (Fsp3) is 0.190. The first-order valence-electron chi connectivity index (χ1n) is 8.48. The van der Waals surface area contributed by atoms with Crippen molar-refractivity contribution < 1.29 is 14.4 Å². The zero-order valence-corrected chi connectivity index (χ0v) is 15.9. The SMILES string of the molecule is CC(=O)N/C(=C\c1ccccc1C)C(=O)Nc1ccc(N(C)C(C)=O)cc1. The van der Waals surface area contributed by atoms with Crippen LogP contribution in [-0.4, -0.2) is 24.8 Å². The van der Waals surface area contributed by atoms with Crippen LogP contribution in [0, 0.1) is 6.92 Å². The van der Waals surface area contributed by atoms with Crippen molar-refractivity contribution in [1.82, 2.24) is 5.32 Å². The van der Waals surface area contributed by atoms with Gasteiger partial charge in [-0.1, -0.05) is 24.3 Å². The molecule has 6 heteroatoms. The lowest BCUT2D eigenvalue weighted by Crippen LogP contribution is -2.29. The van der Waals surface area contributed by atoms with E-state index in [-0.39, 0.29) is 17.5 Å². The number of anilines is 2. The smallest absolute Gasteiger partial charge is 0.272 e. The second-order valence-electron chi connectivity index (χ2n) is 6.17. The molecule has 2 aromatic rings. The molecule has 0 fully saturated rings. The molecular formula is C21H23N3O3. The Morgan fingerprint density at radius 3 is 2.15 bits per heavy atom. The van der Waals surface area contributed by atoms with Crippen LogP contribution < -0.4 is 15.5 Å². The van der Waals surface area contributed by atoms with Gasteiger partial charge in [0.15, 0.2) is 0 Å². The molecule has 2 N–H and O–H groups in total. The van der Waals surface area contributed by atoms with E-state index in [0.717, 1.165) is 16.8 Å². The first-order valence-corrected chi connectivity index (χ1v) is 8.48. The van der Waals surface area contributed by atoms with Gasteiger partial charge in [0.25, 0.3) is 5.91 Å². The Balaban J connectivity index is 2.22. The maximum atomic E-state index is 12.6. The Kier molecular flexibility index (Phi) is 6.49. The lowest BCUT2D eigenvalue weighted by Gasteiger charge is -2.16. The molecule has 0 radical (unpaired) electrons. The van der Waals surface area contributed by atoms with Gasteiger partial charge in [-0.3, -0.25) is 14.4 Å². The monoisotopic (exact) mass is 365 g/mol. The van der Waals surface area contributed by atoms with Crippen LogP contribution in [0.3, 0.4) is 0 Å². The molecule has 0 atom stereocenters. The van der Waals surface area contributed by atoms with E-state index in [1.54, 1.807) is 37.4 Å². The Hall–Kier alpha value is -3.41. The van der Waals surface area contributed by atoms with Crippen molar-refractivity contribution in [2.45, 2.75) is 20.8 Å². The number of hydrogen-bond acceptors (Lipinski definition) is 3. The number of aryl methyl sites for hydroxylation is 1. The third-order valence-corrected chi connectivity index (χ3v) is 4.03. The summed E-state index contributed by atoms with van der Waals surface area (Å²) in [5.41, 5.74) is 3.26. The molecule has 0 bridgehead atoms. The molecule has 0 saturated heterocycles. The molecule has 3 amide bonds. The Bertz CT molecular complexity index is 886. The van der Waals surface area contributed by atoms with Crippen LogP contribution in [0.5, 0.6) is 0 Å². The second-order valence-corrected chi connectivity index (χ2v) is 6.17. The third-order valence-electron chi connectivity index (χ3n) is 4.03. The average molecular weight is 365 g/mol. The Morgan fingerprint density at radius 2 is 1.59 bits per heavy atom. The van der Waals surface area contributed by atoms with E-state index < -0.39 is 5.91 Å². The van der Waals surface area contributed by atoms with E-state index in [4.69, 9.17) is 0 Å². The molecule has 0 aliphatic rings. The minimum atomic E-state index is -0.430. The van der Waals surface area contributed by atoms with Crippen molar-refractivity contribution in [2.75, 3.05) is 17.3 Å². The summed E-state index contributed by atoms with van der Waals surface area (Å²) in [4.78, 5) is 37.0. The standard InChI is InChI=1S/C21H23N3O3/c1-14-7-5-6-8-17(14)13-20(22-15(2)25)21(27)23-18-9-11-19(12-10-18)24(4)16(3)26/h5-13H,1-4H3,(H,22,25)(H,23,27)/b20-13-. The molecule has 0 aliphatic heterocycles. The molecule has 6 nitrogen and oxygen atoms in total. The van der Waals surface area contributed by atoms with Crippen LogP contribution >= 0.6 is 0 Å². The molecular weight excluding hydrogens is 342 g/mol. The fourth-order valence-electron chi connectivity index (χ4n) is 2.40. The summed E-state index contributed by atoms with van der Waals surface area (Å²) in [6.07, 6.45) is 1.64. The molecule has 0 aromatic heterocycles. The highest BCUT2D eigenvalue weighted by Crippen LogP contribution is 2.18. The Morgan fingerprint density at radius 1 is 0.963 bits per heavy atom. The first-order chi connectivity index (χ1) is 12.8. The summed E-state index contributed by atoms with van der Waals surface area (Å²) in [5.74, 6) is -0.842. The largest absolute Gasteiger partial charge is 0.322 e. The van der Waals surface area contributed by atoms with E-state index in [1.807, 2.05) is 31.2 Å². The van der Waals surface area contributed by atoms with Crippen molar-refractivity contribution in [2.24, 2.45) is 0 Å². The summed E-state index contributed by atoms with van der Waals surface area (Å²) in [6.45, 7) is 4.76. The molecule has 0 saturated carbocycles. The minimum absolute atomic E-state index is 0.0825. The van der Waals surface area contributed by atoms with E-state index in [0.29, 0.717) is 5.69 Å². The third kappa shape index (κ3) is 5.54. The predicted octanol–water partition coefficient (Wildman–Crippen LogP) is 3.09. The summed E-state index contributed by atoms with van der Waals surface area (Å²) < 4.78 is 0. The number of benzene rings is 2. The maximum absolute atomic E-state index is 12.6. The van der Waals surface area contributed by atoms with Gasteiger partial charge in [-0.15, -0.1) is 0 Å². The van der Waals surface area contributed by atoms with Gasteiger partial charge in [0, 0.05) is 32.3 Å². The van der Waals surface area contributed by atoms with Gasteiger partial charge < -0.3 is 15.5 Å². The van der Waals surface area contributed by atoms with Gasteiger partial charge in [-0.2, -0.15) is 0 Å². The molecule has 2 rings (SSSR count). The van der Waals surface area contributed by atoms with E-state index in [1.165, 1.54) is 18.7 Å². The van der Waals surface area contributed by atoms with Gasteiger partial charge >= 0.3 is 0 Å². The lowest BCUT2D eigenvalue weighted by molar-refractivity contribution is -0.120. The first kappa shape index (κ1) is 19.9. The van der Waals surface area contributed by atoms with Crippen molar-refractivity contribution in [3.05, 3.63) is 65.4 Å². The highest BCUT2D eigenvalue weighted by atomic mass is 16.2. The molecule has 140 valence electrons. The quantitative estimate of drug-likeness (QED) is 0.799. The van der Waals surface area contributed by atoms with Gasteiger partial charge in [-0.25, -0.2) is 0 Å². The zero-order valence-electron chi connectivity index (χ0n) is 15.9. The van der Waals surface area contributed by atoms with Gasteiger partial charge in [0.2, 0.25) is 11.8 Å². The fourth-order valence-corrected chi connectivity index (χ4v) is 2.40. The number of carbonyl (C=O) groups excluding carboxylic acids is 3. The van der Waals surface area contributed by atoms with E-state index in [2.05, 4.69) is 10.6 Å². The van der Waals surface area contributed by atoms with Crippen LogP contribution in [0.15, 0.2) is 54.2 Å². The number of nitrogens with zero attached hydrogens (tertiary/aromatic N) is 1. The number of amides is 3. The molecule has 27 heavy (non-hydrogen) atoms. The number of carbonyl (C=O) groups is 3. The Labute approximate surface area is 158 Å². The van der Waals surface area contributed by atoms with Crippen molar-refractivity contribution in [3.63, 3.8) is 0 Å². The van der Waals surface area contributed by atoms with E-state index in [9.17, 15) is 14.4 Å². The highest BCUT2D eigenvalue weighted by Gasteiger charge is 2.13. The normalized spacial score (nSPS) is 10.9. The van der Waals surface area contributed by atoms with E-state index >= 15 is 0 Å². The number of rotatable bonds is 5. The predicted molar refractivity (Wildman–Crippen MR) is 107 cm³/mol. The maximum Gasteiger partial charge on any atom is 0.272 e. The van der Waals surface area contributed by atoms with Crippen LogP contribution in [0.25, 0.3) is 6.08 Å². The minimum Gasteiger partial charge on any atom is -0.322 e. The topological polar surface area (TPSA) is 78.5 Å². The van der Waals surface area contributed by atoms with Gasteiger partial charge in [-0.05, 0) is 48.4 Å². The summed E-state index contributed by atoms with van der Waals surface area (Å²) >= 11 is 0. The molecule has 0 unspecified atom stereocenters. The molecule has 2 aromatic carbocycles. The summed E-state index contributed by atoms with van der Waals surface area (Å²) in [7, 11) is 1.68. The highest BCUT2D eigenvalue weighted by molar-refractivity contribution is 6.08. The van der Waals surface area contributed by atoms with Crippen LogP contribution in [0.2, 0.25) is 0 Å². The average Bonchev–Trinajstić information content (AvgIpc) is 2.62. The van der Waals surface area contributed by atoms with Crippen LogP contribution in [-0.2, 0) is 14.4 Å². The number of nitrogens with one attached hydrogen (secondary N) is 2. The summed E-state index contributed by atoms with van der Waals surface area (Å²) in [6, 6.07) is 14.4. The second kappa shape index (κ2) is 8.80. The van der Waals surface area contributed by atoms with Crippen molar-refractivity contribution in [1.29, 1.82) is 0 Å². The zero-order chi connectivity index (χ0) is 20.0. The van der Waals surface area contributed by atoms with Crippen molar-refractivity contribution >= 4 is 35.2 Å². The van der Waals surface area contributed by atoms with Crippen LogP contribution in [0.4, 0.5) is 11.4 Å². The van der Waals surface area contributed by atoms with Crippen LogP contribution in [0.1, 0.15) is 25.0 Å². The van der Waals surface area contributed by atoms with Crippen molar-refractivity contribution in [3.8, 4) is 0 Å². The van der Waals surface area contributed by atoms with Gasteiger partial charge in [0.05, 0.1) is 0 Å². The number of hydrogen-bond donors (Lipinski definition) is 2. The van der Waals surface area contributed by atoms with Gasteiger partial charge in [0.1, 0.15) is 5.70 Å². The molecule has 0 spiro atoms. The summed E-state index contributed by atoms with van der Waals surface area (Å²) in [5, 5.41) is 5.33. The lowest BCUT2D eigenvalue weighted by atomic mass is 10.1. The molecule has 0 heterocycles. The molecule has 0 aliphatic carbocycles.